The second-order valence-electron chi connectivity index (χ2n) is 6.95. The van der Waals surface area contributed by atoms with E-state index in [0.29, 0.717) is 35.3 Å². The van der Waals surface area contributed by atoms with Gasteiger partial charge < -0.3 is 9.64 Å². The van der Waals surface area contributed by atoms with Crippen LogP contribution in [0.3, 0.4) is 0 Å². The maximum absolute atomic E-state index is 12.8. The second kappa shape index (κ2) is 8.41. The molecule has 1 fully saturated rings. The fraction of sp³-hybridized carbons (Fsp3) is 0.350. The maximum atomic E-state index is 12.8. The molecule has 1 N–H and O–H groups in total. The highest BCUT2D eigenvalue weighted by molar-refractivity contribution is 7.92. The van der Waals surface area contributed by atoms with Crippen LogP contribution in [0.4, 0.5) is 5.69 Å². The molecule has 3 rings (SSSR count). The Bertz CT molecular complexity index is 970. The quantitative estimate of drug-likeness (QED) is 0.789. The molecule has 2 aromatic rings. The zero-order valence-electron chi connectivity index (χ0n) is 15.8. The summed E-state index contributed by atoms with van der Waals surface area (Å²) in [7, 11) is -2.47. The molecule has 0 atom stereocenters. The highest BCUT2D eigenvalue weighted by Gasteiger charge is 2.23. The summed E-state index contributed by atoms with van der Waals surface area (Å²) in [4.78, 5) is 14.5. The van der Waals surface area contributed by atoms with Gasteiger partial charge in [-0.25, -0.2) is 8.42 Å². The lowest BCUT2D eigenvalue weighted by Crippen LogP contribution is -2.37. The summed E-state index contributed by atoms with van der Waals surface area (Å²) in [5, 5.41) is 0.377. The van der Waals surface area contributed by atoms with Crippen LogP contribution in [0.25, 0.3) is 0 Å². The lowest BCUT2D eigenvalue weighted by Gasteiger charge is -2.30. The molecule has 0 unspecified atom stereocenters. The minimum Gasteiger partial charge on any atom is -0.495 e. The van der Waals surface area contributed by atoms with Gasteiger partial charge in [0.2, 0.25) is 0 Å². The summed E-state index contributed by atoms with van der Waals surface area (Å²) in [6.45, 7) is 3.55. The first-order valence-electron chi connectivity index (χ1n) is 9.06. The van der Waals surface area contributed by atoms with E-state index >= 15 is 0 Å². The number of ether oxygens (including phenoxy) is 1. The number of sulfonamides is 1. The topological polar surface area (TPSA) is 75.7 Å². The van der Waals surface area contributed by atoms with E-state index in [9.17, 15) is 13.2 Å². The van der Waals surface area contributed by atoms with Crippen LogP contribution in [-0.2, 0) is 10.0 Å². The number of methoxy groups -OCH3 is 1. The number of piperidine rings is 1. The second-order valence-corrected chi connectivity index (χ2v) is 9.07. The Balaban J connectivity index is 1.84. The fourth-order valence-corrected chi connectivity index (χ4v) is 4.43. The van der Waals surface area contributed by atoms with E-state index < -0.39 is 10.0 Å². The van der Waals surface area contributed by atoms with Crippen molar-refractivity contribution in [1.29, 1.82) is 0 Å². The summed E-state index contributed by atoms with van der Waals surface area (Å²) in [5.74, 6) is 0.805. The van der Waals surface area contributed by atoms with Gasteiger partial charge in [0.15, 0.2) is 0 Å². The highest BCUT2D eigenvalue weighted by atomic mass is 35.5. The van der Waals surface area contributed by atoms with Crippen LogP contribution < -0.4 is 9.46 Å². The molecule has 8 heteroatoms. The first kappa shape index (κ1) is 20.5. The molecule has 0 bridgehead atoms. The van der Waals surface area contributed by atoms with Crippen molar-refractivity contribution in [3.05, 3.63) is 53.1 Å². The molecule has 0 aliphatic carbocycles. The Labute approximate surface area is 170 Å². The van der Waals surface area contributed by atoms with E-state index in [1.165, 1.54) is 25.3 Å². The summed E-state index contributed by atoms with van der Waals surface area (Å²) >= 11 is 5.97. The van der Waals surface area contributed by atoms with Gasteiger partial charge in [-0.1, -0.05) is 24.6 Å². The van der Waals surface area contributed by atoms with Gasteiger partial charge in [-0.05, 0) is 55.2 Å². The summed E-state index contributed by atoms with van der Waals surface area (Å²) in [6.07, 6.45) is 1.92. The first-order valence-corrected chi connectivity index (χ1v) is 10.9. The first-order chi connectivity index (χ1) is 13.3. The number of halogens is 1. The van der Waals surface area contributed by atoms with Gasteiger partial charge in [-0.15, -0.1) is 0 Å². The van der Waals surface area contributed by atoms with Gasteiger partial charge in [0.1, 0.15) is 5.75 Å². The van der Waals surface area contributed by atoms with Crippen molar-refractivity contribution in [3.8, 4) is 5.75 Å². The van der Waals surface area contributed by atoms with Crippen LogP contribution in [0.1, 0.15) is 30.1 Å². The number of amides is 1. The molecular formula is C20H23ClN2O4S. The van der Waals surface area contributed by atoms with E-state index in [1.54, 1.807) is 29.2 Å². The molecule has 1 aliphatic rings. The maximum Gasteiger partial charge on any atom is 0.262 e. The zero-order chi connectivity index (χ0) is 20.3. The number of carbonyl (C=O) groups excluding carboxylic acids is 1. The van der Waals surface area contributed by atoms with Crippen molar-refractivity contribution in [1.82, 2.24) is 4.90 Å². The van der Waals surface area contributed by atoms with Crippen LogP contribution >= 0.6 is 11.6 Å². The Hall–Kier alpha value is -2.25. The lowest BCUT2D eigenvalue weighted by molar-refractivity contribution is 0.0697. The smallest absolute Gasteiger partial charge is 0.262 e. The van der Waals surface area contributed by atoms with Gasteiger partial charge in [0.05, 0.1) is 17.7 Å². The Morgan fingerprint density at radius 3 is 2.57 bits per heavy atom. The van der Waals surface area contributed by atoms with Gasteiger partial charge >= 0.3 is 0 Å². The van der Waals surface area contributed by atoms with Gasteiger partial charge in [-0.3, -0.25) is 9.52 Å². The summed E-state index contributed by atoms with van der Waals surface area (Å²) in [5.41, 5.74) is 0.590. The molecule has 1 saturated heterocycles. The normalized spacial score (nSPS) is 15.3. The van der Waals surface area contributed by atoms with Gasteiger partial charge in [-0.2, -0.15) is 0 Å². The molecule has 0 aromatic heterocycles. The zero-order valence-corrected chi connectivity index (χ0v) is 17.4. The number of benzene rings is 2. The fourth-order valence-electron chi connectivity index (χ4n) is 3.15. The van der Waals surface area contributed by atoms with E-state index in [0.717, 1.165) is 12.8 Å². The molecule has 6 nitrogen and oxygen atoms in total. The van der Waals surface area contributed by atoms with Crippen LogP contribution in [-0.4, -0.2) is 39.4 Å². The van der Waals surface area contributed by atoms with Crippen molar-refractivity contribution in [2.45, 2.75) is 24.7 Å². The molecule has 28 heavy (non-hydrogen) atoms. The number of nitrogens with zero attached hydrogens (tertiary/aromatic N) is 1. The number of rotatable bonds is 5. The molecule has 1 heterocycles. The van der Waals surface area contributed by atoms with Crippen LogP contribution in [0.15, 0.2) is 47.4 Å². The van der Waals surface area contributed by atoms with Crippen molar-refractivity contribution >= 4 is 33.2 Å². The third-order valence-electron chi connectivity index (χ3n) is 4.87. The van der Waals surface area contributed by atoms with Crippen LogP contribution in [0, 0.1) is 5.92 Å². The largest absolute Gasteiger partial charge is 0.495 e. The Kier molecular flexibility index (Phi) is 6.15. The monoisotopic (exact) mass is 422 g/mol. The molecule has 1 amide bonds. The van der Waals surface area contributed by atoms with Crippen molar-refractivity contribution in [2.75, 3.05) is 24.9 Å². The number of hydrogen-bond donors (Lipinski definition) is 1. The van der Waals surface area contributed by atoms with Crippen molar-refractivity contribution in [3.63, 3.8) is 0 Å². The molecule has 0 spiro atoms. The van der Waals surface area contributed by atoms with E-state index in [4.69, 9.17) is 16.3 Å². The number of nitrogens with one attached hydrogen (secondary N) is 1. The molecule has 2 aromatic carbocycles. The molecule has 0 radical (unpaired) electrons. The third kappa shape index (κ3) is 4.59. The summed E-state index contributed by atoms with van der Waals surface area (Å²) < 4.78 is 33.4. The Morgan fingerprint density at radius 2 is 1.89 bits per heavy atom. The van der Waals surface area contributed by atoms with E-state index in [1.807, 2.05) is 0 Å². The van der Waals surface area contributed by atoms with E-state index in [-0.39, 0.29) is 16.5 Å². The third-order valence-corrected chi connectivity index (χ3v) is 6.47. The number of hydrogen-bond acceptors (Lipinski definition) is 4. The van der Waals surface area contributed by atoms with E-state index in [2.05, 4.69) is 11.6 Å². The van der Waals surface area contributed by atoms with Crippen molar-refractivity contribution in [2.24, 2.45) is 5.92 Å². The molecular weight excluding hydrogens is 400 g/mol. The van der Waals surface area contributed by atoms with Crippen LogP contribution in [0.2, 0.25) is 5.02 Å². The van der Waals surface area contributed by atoms with Gasteiger partial charge in [0, 0.05) is 23.7 Å². The van der Waals surface area contributed by atoms with Crippen LogP contribution in [0.5, 0.6) is 5.75 Å². The van der Waals surface area contributed by atoms with Crippen molar-refractivity contribution < 1.29 is 17.9 Å². The number of anilines is 1. The SMILES string of the molecule is COc1ccc(Cl)cc1NS(=O)(=O)c1cccc(C(=O)N2CCC(C)CC2)c1. The highest BCUT2D eigenvalue weighted by Crippen LogP contribution is 2.30. The Morgan fingerprint density at radius 1 is 1.18 bits per heavy atom. The molecule has 1 aliphatic heterocycles. The lowest BCUT2D eigenvalue weighted by atomic mass is 9.98. The minimum atomic E-state index is -3.92. The summed E-state index contributed by atoms with van der Waals surface area (Å²) in [6, 6.07) is 10.7. The number of carbonyl (C=O) groups is 1. The molecule has 0 saturated carbocycles. The average Bonchev–Trinajstić information content (AvgIpc) is 2.68. The predicted molar refractivity (Wildman–Crippen MR) is 110 cm³/mol. The number of likely N-dealkylation sites (tertiary alicyclic amines) is 1. The van der Waals surface area contributed by atoms with Gasteiger partial charge in [0.25, 0.3) is 15.9 Å². The minimum absolute atomic E-state index is 0.00533. The predicted octanol–water partition coefficient (Wildman–Crippen LogP) is 4.02. The standard InChI is InChI=1S/C20H23ClN2O4S/c1-14-8-10-23(11-9-14)20(24)15-4-3-5-17(12-15)28(25,26)22-18-13-16(21)6-7-19(18)27-2/h3-7,12-14,22H,8-11H2,1-2H3. The average molecular weight is 423 g/mol. The molecule has 150 valence electrons.